The molecular formula is C21H19ClF2N4OS. The molecule has 0 radical (unpaired) electrons. The molecule has 1 aliphatic rings. The van der Waals surface area contributed by atoms with E-state index >= 15 is 0 Å². The minimum atomic E-state index is -0.816. The number of nitrogens with zero attached hydrogens (tertiary/aromatic N) is 3. The molecule has 0 saturated heterocycles. The van der Waals surface area contributed by atoms with Crippen LogP contribution in [0.3, 0.4) is 0 Å². The summed E-state index contributed by atoms with van der Waals surface area (Å²) in [6, 6.07) is 11.1. The second kappa shape index (κ2) is 9.14. The number of rotatable bonds is 6. The Balaban J connectivity index is 1.55. The van der Waals surface area contributed by atoms with E-state index < -0.39 is 23.2 Å². The van der Waals surface area contributed by atoms with Gasteiger partial charge in [0, 0.05) is 11.6 Å². The monoisotopic (exact) mass is 448 g/mol. The summed E-state index contributed by atoms with van der Waals surface area (Å²) in [5, 5.41) is 12.1. The van der Waals surface area contributed by atoms with Crippen LogP contribution >= 0.6 is 23.4 Å². The number of thioether (sulfide) groups is 1. The maximum Gasteiger partial charge on any atom is 0.235 e. The zero-order valence-corrected chi connectivity index (χ0v) is 17.5. The van der Waals surface area contributed by atoms with Crippen molar-refractivity contribution in [3.63, 3.8) is 0 Å². The first kappa shape index (κ1) is 20.8. The summed E-state index contributed by atoms with van der Waals surface area (Å²) in [5.41, 5.74) is 0.334. The number of para-hydroxylation sites is 1. The van der Waals surface area contributed by atoms with Crippen molar-refractivity contribution in [2.45, 2.75) is 36.9 Å². The fourth-order valence-electron chi connectivity index (χ4n) is 3.62. The molecule has 1 saturated carbocycles. The number of amides is 1. The maximum absolute atomic E-state index is 13.8. The normalized spacial score (nSPS) is 14.2. The van der Waals surface area contributed by atoms with Crippen LogP contribution < -0.4 is 5.32 Å². The van der Waals surface area contributed by atoms with E-state index in [0.717, 1.165) is 43.4 Å². The molecule has 9 heteroatoms. The van der Waals surface area contributed by atoms with Gasteiger partial charge in [0.1, 0.15) is 17.3 Å². The van der Waals surface area contributed by atoms with Gasteiger partial charge >= 0.3 is 0 Å². The predicted molar refractivity (Wildman–Crippen MR) is 114 cm³/mol. The summed E-state index contributed by atoms with van der Waals surface area (Å²) < 4.78 is 29.6. The number of aromatic nitrogens is 3. The third-order valence-electron chi connectivity index (χ3n) is 5.03. The molecule has 1 aliphatic carbocycles. The average Bonchev–Trinajstić information content (AvgIpc) is 3.39. The Morgan fingerprint density at radius 3 is 2.50 bits per heavy atom. The van der Waals surface area contributed by atoms with E-state index in [0.29, 0.717) is 16.0 Å². The maximum atomic E-state index is 13.8. The summed E-state index contributed by atoms with van der Waals surface area (Å²) in [4.78, 5) is 12.3. The molecular weight excluding hydrogens is 430 g/mol. The molecule has 4 rings (SSSR count). The standard InChI is InChI=1S/C21H19ClF2N4OS/c22-15-9-4-3-8-14(15)20-26-27-21(28(20)13-6-1-2-7-13)30-12-18(29)25-19-16(23)10-5-11-17(19)24/h3-5,8-11,13H,1-2,6-7,12H2,(H,25,29). The van der Waals surface area contributed by atoms with E-state index in [1.54, 1.807) is 6.07 Å². The van der Waals surface area contributed by atoms with Gasteiger partial charge in [-0.2, -0.15) is 0 Å². The Morgan fingerprint density at radius 1 is 1.10 bits per heavy atom. The Morgan fingerprint density at radius 2 is 1.80 bits per heavy atom. The van der Waals surface area contributed by atoms with Gasteiger partial charge in [-0.3, -0.25) is 9.36 Å². The van der Waals surface area contributed by atoms with Crippen LogP contribution in [0.25, 0.3) is 11.4 Å². The van der Waals surface area contributed by atoms with Crippen molar-refractivity contribution in [1.29, 1.82) is 0 Å². The number of carbonyl (C=O) groups is 1. The van der Waals surface area contributed by atoms with Gasteiger partial charge in [0.25, 0.3) is 0 Å². The van der Waals surface area contributed by atoms with Gasteiger partial charge in [0.05, 0.1) is 10.8 Å². The number of carbonyl (C=O) groups excluding carboxylic acids is 1. The van der Waals surface area contributed by atoms with Crippen LogP contribution in [0, 0.1) is 11.6 Å². The lowest BCUT2D eigenvalue weighted by Crippen LogP contribution is -2.17. The number of nitrogens with one attached hydrogen (secondary N) is 1. The number of anilines is 1. The molecule has 1 heterocycles. The number of hydrogen-bond donors (Lipinski definition) is 1. The van der Waals surface area contributed by atoms with Crippen molar-refractivity contribution in [2.75, 3.05) is 11.1 Å². The van der Waals surface area contributed by atoms with Crippen molar-refractivity contribution >= 4 is 35.0 Å². The van der Waals surface area contributed by atoms with Crippen LogP contribution in [-0.2, 0) is 4.79 Å². The van der Waals surface area contributed by atoms with Crippen LogP contribution in [0.15, 0.2) is 47.6 Å². The number of halogens is 3. The van der Waals surface area contributed by atoms with Crippen molar-refractivity contribution in [2.24, 2.45) is 0 Å². The molecule has 3 aromatic rings. The Hall–Kier alpha value is -2.45. The molecule has 30 heavy (non-hydrogen) atoms. The van der Waals surface area contributed by atoms with Crippen molar-refractivity contribution < 1.29 is 13.6 Å². The molecule has 1 fully saturated rings. The topological polar surface area (TPSA) is 59.8 Å². The van der Waals surface area contributed by atoms with E-state index in [-0.39, 0.29) is 11.8 Å². The van der Waals surface area contributed by atoms with Crippen LogP contribution in [0.2, 0.25) is 5.02 Å². The lowest BCUT2D eigenvalue weighted by molar-refractivity contribution is -0.113. The molecule has 1 N–H and O–H groups in total. The third-order valence-corrected chi connectivity index (χ3v) is 6.30. The van der Waals surface area contributed by atoms with Gasteiger partial charge < -0.3 is 5.32 Å². The highest BCUT2D eigenvalue weighted by atomic mass is 35.5. The van der Waals surface area contributed by atoms with Gasteiger partial charge in [-0.15, -0.1) is 10.2 Å². The van der Waals surface area contributed by atoms with Crippen LogP contribution in [0.1, 0.15) is 31.7 Å². The third kappa shape index (κ3) is 4.34. The SMILES string of the molecule is O=C(CSc1nnc(-c2ccccc2Cl)n1C1CCCC1)Nc1c(F)cccc1F. The van der Waals surface area contributed by atoms with E-state index in [9.17, 15) is 13.6 Å². The minimum absolute atomic E-state index is 0.0544. The first-order valence-electron chi connectivity index (χ1n) is 9.61. The summed E-state index contributed by atoms with van der Waals surface area (Å²) in [5.74, 6) is -1.55. The second-order valence-corrected chi connectivity index (χ2v) is 8.38. The molecule has 0 aliphatic heterocycles. The molecule has 5 nitrogen and oxygen atoms in total. The molecule has 0 spiro atoms. The van der Waals surface area contributed by atoms with Crippen molar-refractivity contribution in [1.82, 2.24) is 14.8 Å². The van der Waals surface area contributed by atoms with Gasteiger partial charge in [-0.1, -0.05) is 54.4 Å². The quantitative estimate of drug-likeness (QED) is 0.490. The first-order valence-corrected chi connectivity index (χ1v) is 11.0. The lowest BCUT2D eigenvalue weighted by Gasteiger charge is -2.17. The van der Waals surface area contributed by atoms with E-state index in [1.165, 1.54) is 17.8 Å². The summed E-state index contributed by atoms with van der Waals surface area (Å²) in [7, 11) is 0. The zero-order valence-electron chi connectivity index (χ0n) is 15.9. The Labute approximate surface area is 181 Å². The fraction of sp³-hybridized carbons (Fsp3) is 0.286. The van der Waals surface area contributed by atoms with E-state index in [2.05, 4.69) is 15.5 Å². The highest BCUT2D eigenvalue weighted by Gasteiger charge is 2.26. The molecule has 0 unspecified atom stereocenters. The summed E-state index contributed by atoms with van der Waals surface area (Å²) in [6.07, 6.45) is 4.22. The molecule has 1 amide bonds. The zero-order chi connectivity index (χ0) is 21.1. The summed E-state index contributed by atoms with van der Waals surface area (Å²) >= 11 is 7.55. The largest absolute Gasteiger partial charge is 0.320 e. The number of hydrogen-bond acceptors (Lipinski definition) is 4. The molecule has 2 aromatic carbocycles. The van der Waals surface area contributed by atoms with Crippen molar-refractivity contribution in [3.8, 4) is 11.4 Å². The smallest absolute Gasteiger partial charge is 0.235 e. The average molecular weight is 449 g/mol. The van der Waals surface area contributed by atoms with Gasteiger partial charge in [0.15, 0.2) is 11.0 Å². The minimum Gasteiger partial charge on any atom is -0.320 e. The van der Waals surface area contributed by atoms with Gasteiger partial charge in [-0.25, -0.2) is 8.78 Å². The van der Waals surface area contributed by atoms with Crippen molar-refractivity contribution in [3.05, 3.63) is 59.1 Å². The second-order valence-electron chi connectivity index (χ2n) is 7.03. The molecule has 1 aromatic heterocycles. The molecule has 156 valence electrons. The van der Waals surface area contributed by atoms with Gasteiger partial charge in [-0.05, 0) is 37.1 Å². The van der Waals surface area contributed by atoms with Crippen LogP contribution in [-0.4, -0.2) is 26.4 Å². The lowest BCUT2D eigenvalue weighted by atomic mass is 10.2. The Kier molecular flexibility index (Phi) is 6.34. The first-order chi connectivity index (χ1) is 14.5. The molecule has 0 atom stereocenters. The van der Waals surface area contributed by atoms with E-state index in [1.807, 2.05) is 22.8 Å². The highest BCUT2D eigenvalue weighted by molar-refractivity contribution is 7.99. The fourth-order valence-corrected chi connectivity index (χ4v) is 4.64. The van der Waals surface area contributed by atoms with Crippen LogP contribution in [0.4, 0.5) is 14.5 Å². The molecule has 0 bridgehead atoms. The highest BCUT2D eigenvalue weighted by Crippen LogP contribution is 2.38. The van der Waals surface area contributed by atoms with E-state index in [4.69, 9.17) is 11.6 Å². The number of benzene rings is 2. The van der Waals surface area contributed by atoms with Crippen LogP contribution in [0.5, 0.6) is 0 Å². The predicted octanol–water partition coefficient (Wildman–Crippen LogP) is 5.72. The summed E-state index contributed by atoms with van der Waals surface area (Å²) in [6.45, 7) is 0. The van der Waals surface area contributed by atoms with Gasteiger partial charge in [0.2, 0.25) is 5.91 Å². The Bertz CT molecular complexity index is 1050.